The predicted molar refractivity (Wildman–Crippen MR) is 143 cm³/mol. The van der Waals surface area contributed by atoms with Crippen LogP contribution in [0, 0.1) is 19.9 Å². The predicted octanol–water partition coefficient (Wildman–Crippen LogP) is 3.02. The molecular formula is C30H40Cl2SiZr-2. The summed E-state index contributed by atoms with van der Waals surface area (Å²) in [4.78, 5) is 0. The quantitative estimate of drug-likeness (QED) is 0.279. The third kappa shape index (κ3) is 9.16. The van der Waals surface area contributed by atoms with Crippen molar-refractivity contribution in [3.05, 3.63) is 76.9 Å². The number of benzene rings is 2. The molecule has 0 heterocycles. The maximum Gasteiger partial charge on any atom is -0.0142 e. The van der Waals surface area contributed by atoms with Crippen LogP contribution in [0.3, 0.4) is 0 Å². The summed E-state index contributed by atoms with van der Waals surface area (Å²) in [6.45, 7) is 22.9. The van der Waals surface area contributed by atoms with Crippen LogP contribution >= 0.6 is 0 Å². The van der Waals surface area contributed by atoms with Gasteiger partial charge in [0.05, 0.1) is 0 Å². The van der Waals surface area contributed by atoms with Crippen molar-refractivity contribution in [1.82, 2.24) is 0 Å². The summed E-state index contributed by atoms with van der Waals surface area (Å²) >= 11 is 1.74. The molecular weight excluding hydrogens is 551 g/mol. The van der Waals surface area contributed by atoms with Crippen LogP contribution in [0.5, 0.6) is 0 Å². The summed E-state index contributed by atoms with van der Waals surface area (Å²) in [5.41, 5.74) is 6.27. The van der Waals surface area contributed by atoms with Crippen molar-refractivity contribution in [2.45, 2.75) is 85.7 Å². The zero-order valence-corrected chi connectivity index (χ0v) is 27.6. The molecule has 0 atom stereocenters. The second-order valence-electron chi connectivity index (χ2n) is 11.2. The van der Waals surface area contributed by atoms with Gasteiger partial charge in [0.15, 0.2) is 0 Å². The first-order valence-corrected chi connectivity index (χ1v) is 17.8. The van der Waals surface area contributed by atoms with Crippen LogP contribution in [0.25, 0.3) is 21.5 Å². The van der Waals surface area contributed by atoms with Gasteiger partial charge < -0.3 is 24.8 Å². The summed E-state index contributed by atoms with van der Waals surface area (Å²) in [6.07, 6.45) is 10.0. The smallest absolute Gasteiger partial charge is 0.0142 e. The van der Waals surface area contributed by atoms with Gasteiger partial charge in [-0.2, -0.15) is 6.08 Å². The fourth-order valence-electron chi connectivity index (χ4n) is 4.29. The number of aryl methyl sites for hydroxylation is 2. The van der Waals surface area contributed by atoms with Crippen LogP contribution in [0.2, 0.25) is 13.1 Å². The minimum atomic E-state index is 0. The number of halogens is 2. The van der Waals surface area contributed by atoms with E-state index in [1.807, 2.05) is 12.2 Å². The van der Waals surface area contributed by atoms with Crippen molar-refractivity contribution < 1.29 is 48.1 Å². The Bertz CT molecular complexity index is 1080. The average molecular weight is 591 g/mol. The standard InChI is InChI=1S/C23H29.C5H5.C2H6Si.2ClH.Zr/c1-14-9-16-11-17-10-15(2)21(23(6,7)8)13-19(17)18(16)12-20(14)22(3,4)5;1-2-4-5-3-1;1-3-2;;;/h9-13H,1-8H3;1-3H,4H2;1-2H3;2*1H;/q2*-1;;;;+2/p-2. The molecule has 4 rings (SSSR count). The van der Waals surface area contributed by atoms with E-state index in [1.54, 1.807) is 23.3 Å². The SMILES string of the molecule is C[Si](C)=[Zr+2].Cc1cc2[cH-]c3cc(C)c(C(C)(C)C)cc3c2cc1C(C)(C)C.[C-]1=CC=CC1.[Cl-].[Cl-]. The van der Waals surface area contributed by atoms with Gasteiger partial charge in [-0.25, -0.2) is 12.2 Å². The molecule has 0 fully saturated rings. The van der Waals surface area contributed by atoms with E-state index in [1.165, 1.54) is 43.8 Å². The molecule has 0 nitrogen and oxygen atoms in total. The summed E-state index contributed by atoms with van der Waals surface area (Å²) in [7, 11) is 0. The Kier molecular flexibility index (Phi) is 13.5. The second-order valence-corrected chi connectivity index (χ2v) is 20.5. The van der Waals surface area contributed by atoms with Crippen molar-refractivity contribution in [3.63, 3.8) is 0 Å². The molecule has 0 radical (unpaired) electrons. The first kappa shape index (κ1) is 33.5. The molecule has 0 saturated heterocycles. The van der Waals surface area contributed by atoms with Crippen molar-refractivity contribution in [2.75, 3.05) is 0 Å². The van der Waals surface area contributed by atoms with Crippen LogP contribution in [-0.2, 0) is 34.2 Å². The van der Waals surface area contributed by atoms with Crippen LogP contribution in [-0.4, -0.2) is 5.43 Å². The van der Waals surface area contributed by atoms with E-state index < -0.39 is 0 Å². The molecule has 0 amide bonds. The molecule has 0 spiro atoms. The van der Waals surface area contributed by atoms with Gasteiger partial charge in [-0.1, -0.05) is 75.9 Å². The van der Waals surface area contributed by atoms with Gasteiger partial charge in [-0.05, 0) is 24.7 Å². The fourth-order valence-corrected chi connectivity index (χ4v) is 4.29. The van der Waals surface area contributed by atoms with Crippen molar-refractivity contribution in [3.8, 4) is 0 Å². The first-order chi connectivity index (χ1) is 14.7. The molecule has 1 aliphatic carbocycles. The topological polar surface area (TPSA) is 0 Å². The molecule has 0 aromatic heterocycles. The Morgan fingerprint density at radius 2 is 1.18 bits per heavy atom. The number of fused-ring (bicyclic) bond motifs is 3. The minimum Gasteiger partial charge on any atom is -1.00 e. The largest absolute Gasteiger partial charge is 1.00 e. The summed E-state index contributed by atoms with van der Waals surface area (Å²) in [6, 6.07) is 11.9. The van der Waals surface area contributed by atoms with Crippen molar-refractivity contribution in [2.24, 2.45) is 0 Å². The number of rotatable bonds is 0. The van der Waals surface area contributed by atoms with E-state index in [9.17, 15) is 0 Å². The molecule has 0 aliphatic heterocycles. The normalized spacial score (nSPS) is 12.4. The Hall–Kier alpha value is -0.530. The number of allylic oxidation sites excluding steroid dienone is 4. The van der Waals surface area contributed by atoms with Crippen LogP contribution in [0.15, 0.2) is 48.6 Å². The third-order valence-corrected chi connectivity index (χ3v) is 5.60. The van der Waals surface area contributed by atoms with Gasteiger partial charge in [-0.15, -0.1) is 46.2 Å². The number of hydrogen-bond donors (Lipinski definition) is 0. The van der Waals surface area contributed by atoms with Gasteiger partial charge in [-0.3, -0.25) is 6.08 Å². The Morgan fingerprint density at radius 1 is 0.794 bits per heavy atom. The molecule has 0 unspecified atom stereocenters. The second kappa shape index (κ2) is 13.7. The monoisotopic (exact) mass is 588 g/mol. The van der Waals surface area contributed by atoms with Crippen molar-refractivity contribution >= 4 is 27.0 Å². The van der Waals surface area contributed by atoms with Gasteiger partial charge in [0.25, 0.3) is 0 Å². The maximum absolute atomic E-state index is 2.99. The summed E-state index contributed by atoms with van der Waals surface area (Å²) < 4.78 is 0. The van der Waals surface area contributed by atoms with Crippen LogP contribution in [0.1, 0.15) is 70.2 Å². The molecule has 3 aromatic rings. The van der Waals surface area contributed by atoms with Gasteiger partial charge >= 0.3 is 41.9 Å². The van der Waals surface area contributed by atoms with E-state index in [-0.39, 0.29) is 41.1 Å². The average Bonchev–Trinajstić information content (AvgIpc) is 3.28. The van der Waals surface area contributed by atoms with Gasteiger partial charge in [0.1, 0.15) is 0 Å². The first-order valence-electron chi connectivity index (χ1n) is 11.6. The van der Waals surface area contributed by atoms with E-state index in [2.05, 4.69) is 111 Å². The van der Waals surface area contributed by atoms with E-state index in [0.717, 1.165) is 6.42 Å². The molecule has 0 bridgehead atoms. The summed E-state index contributed by atoms with van der Waals surface area (Å²) in [5, 5.41) is 5.55. The van der Waals surface area contributed by atoms with Gasteiger partial charge in [0, 0.05) is 0 Å². The fraction of sp³-hybridized carbons (Fsp3) is 0.433. The molecule has 1 aliphatic rings. The van der Waals surface area contributed by atoms with E-state index in [0.29, 0.717) is 0 Å². The van der Waals surface area contributed by atoms with Crippen LogP contribution < -0.4 is 24.8 Å². The zero-order chi connectivity index (χ0) is 24.3. The molecule has 34 heavy (non-hydrogen) atoms. The Morgan fingerprint density at radius 3 is 1.41 bits per heavy atom. The molecule has 184 valence electrons. The molecule has 4 heteroatoms. The number of hydrogen-bond acceptors (Lipinski definition) is 0. The third-order valence-electron chi connectivity index (χ3n) is 5.60. The van der Waals surface area contributed by atoms with Crippen molar-refractivity contribution in [1.29, 1.82) is 0 Å². The minimum absolute atomic E-state index is 0. The van der Waals surface area contributed by atoms with Crippen LogP contribution in [0.4, 0.5) is 0 Å². The maximum atomic E-state index is 2.99. The Balaban J connectivity index is 0.000000840. The van der Waals surface area contributed by atoms with Gasteiger partial charge in [0.2, 0.25) is 0 Å². The van der Waals surface area contributed by atoms with E-state index >= 15 is 0 Å². The van der Waals surface area contributed by atoms with E-state index in [4.69, 9.17) is 0 Å². The molecule has 0 N–H and O–H groups in total. The zero-order valence-electron chi connectivity index (χ0n) is 22.6. The summed E-state index contributed by atoms with van der Waals surface area (Å²) in [5.74, 6) is 0. The molecule has 0 saturated carbocycles. The molecule has 3 aromatic carbocycles. The Labute approximate surface area is 236 Å².